The van der Waals surface area contributed by atoms with Crippen LogP contribution in [0.4, 0.5) is 5.69 Å². The van der Waals surface area contributed by atoms with Crippen LogP contribution in [-0.4, -0.2) is 60.9 Å². The Morgan fingerprint density at radius 3 is 2.52 bits per heavy atom. The molecule has 1 saturated heterocycles. The molecule has 2 N–H and O–H groups in total. The van der Waals surface area contributed by atoms with E-state index in [4.69, 9.17) is 4.52 Å². The third-order valence-corrected chi connectivity index (χ3v) is 4.85. The van der Waals surface area contributed by atoms with E-state index in [9.17, 15) is 5.11 Å². The van der Waals surface area contributed by atoms with Crippen LogP contribution in [0.2, 0.25) is 0 Å². The topological polar surface area (TPSA) is 77.1 Å². The van der Waals surface area contributed by atoms with Crippen molar-refractivity contribution in [3.05, 3.63) is 41.3 Å². The summed E-state index contributed by atoms with van der Waals surface area (Å²) >= 11 is 0. The number of hydrogen-bond donors (Lipinski definition) is 2. The van der Waals surface area contributed by atoms with E-state index in [2.05, 4.69) is 25.3 Å². The van der Waals surface area contributed by atoms with Gasteiger partial charge in [-0.2, -0.15) is 0 Å². The van der Waals surface area contributed by atoms with Gasteiger partial charge in [0.1, 0.15) is 11.5 Å². The maximum absolute atomic E-state index is 10.0. The molecule has 2 aromatic rings. The van der Waals surface area contributed by atoms with Gasteiger partial charge in [0.05, 0.1) is 11.4 Å². The molecule has 1 aliphatic rings. The highest BCUT2D eigenvalue weighted by atomic mass is 127. The Labute approximate surface area is 177 Å². The first-order valence-electron chi connectivity index (χ1n) is 9.00. The number of nitrogens with one attached hydrogen (secondary N) is 1. The zero-order chi connectivity index (χ0) is 18.5. The fourth-order valence-electron chi connectivity index (χ4n) is 3.38. The standard InChI is InChI=1S/C19H27N5O2.HI/c1-14-16(15(2)26-22-14)8-9-21-19(20-3)24-12-10-23(11-13-24)17-6-4-5-7-18(17)25;/h4-7,25H,8-13H2,1-3H3,(H,20,21);1H. The summed E-state index contributed by atoms with van der Waals surface area (Å²) < 4.78 is 5.21. The highest BCUT2D eigenvalue weighted by Gasteiger charge is 2.21. The minimum atomic E-state index is 0. The number of benzene rings is 1. The average Bonchev–Trinajstić information content (AvgIpc) is 2.98. The summed E-state index contributed by atoms with van der Waals surface area (Å²) in [5.41, 5.74) is 3.02. The summed E-state index contributed by atoms with van der Waals surface area (Å²) in [6.07, 6.45) is 0.859. The second-order valence-electron chi connectivity index (χ2n) is 6.49. The molecular formula is C19H28IN5O2. The van der Waals surface area contributed by atoms with Crippen LogP contribution in [0.3, 0.4) is 0 Å². The van der Waals surface area contributed by atoms with Crippen molar-refractivity contribution < 1.29 is 9.63 Å². The summed E-state index contributed by atoms with van der Waals surface area (Å²) in [6.45, 7) is 8.12. The largest absolute Gasteiger partial charge is 0.506 e. The van der Waals surface area contributed by atoms with Crippen molar-refractivity contribution in [3.63, 3.8) is 0 Å². The second-order valence-corrected chi connectivity index (χ2v) is 6.49. The van der Waals surface area contributed by atoms with E-state index in [-0.39, 0.29) is 24.0 Å². The SMILES string of the molecule is CN=C(NCCc1c(C)noc1C)N1CCN(c2ccccc2O)CC1.I. The molecule has 0 unspecified atom stereocenters. The van der Waals surface area contributed by atoms with Gasteiger partial charge in [-0.3, -0.25) is 4.99 Å². The molecule has 0 spiro atoms. The number of halogens is 1. The number of hydrogen-bond acceptors (Lipinski definition) is 5. The molecule has 1 aliphatic heterocycles. The highest BCUT2D eigenvalue weighted by molar-refractivity contribution is 14.0. The van der Waals surface area contributed by atoms with Gasteiger partial charge >= 0.3 is 0 Å². The Hall–Kier alpha value is -1.97. The first-order valence-corrected chi connectivity index (χ1v) is 9.00. The lowest BCUT2D eigenvalue weighted by Crippen LogP contribution is -2.52. The first kappa shape index (κ1) is 21.3. The van der Waals surface area contributed by atoms with Crippen LogP contribution in [0.15, 0.2) is 33.8 Å². The predicted octanol–water partition coefficient (Wildman–Crippen LogP) is 2.56. The molecule has 2 heterocycles. The molecule has 1 aromatic heterocycles. The van der Waals surface area contributed by atoms with Gasteiger partial charge < -0.3 is 24.7 Å². The highest BCUT2D eigenvalue weighted by Crippen LogP contribution is 2.27. The van der Waals surface area contributed by atoms with E-state index in [1.54, 1.807) is 6.07 Å². The summed E-state index contributed by atoms with van der Waals surface area (Å²) in [6, 6.07) is 7.50. The van der Waals surface area contributed by atoms with Crippen molar-refractivity contribution in [1.82, 2.24) is 15.4 Å². The van der Waals surface area contributed by atoms with Crippen molar-refractivity contribution in [3.8, 4) is 5.75 Å². The molecule has 0 radical (unpaired) electrons. The number of rotatable bonds is 4. The normalized spacial score (nSPS) is 14.9. The number of phenolic OH excluding ortho intramolecular Hbond substituents is 1. The van der Waals surface area contributed by atoms with Gasteiger partial charge in [0, 0.05) is 45.3 Å². The minimum Gasteiger partial charge on any atom is -0.506 e. The van der Waals surface area contributed by atoms with Gasteiger partial charge in [0.15, 0.2) is 5.96 Å². The van der Waals surface area contributed by atoms with Crippen molar-refractivity contribution in [2.45, 2.75) is 20.3 Å². The third-order valence-electron chi connectivity index (χ3n) is 4.85. The van der Waals surface area contributed by atoms with Gasteiger partial charge in [-0.25, -0.2) is 0 Å². The molecule has 0 aliphatic carbocycles. The van der Waals surface area contributed by atoms with E-state index < -0.39 is 0 Å². The molecule has 27 heavy (non-hydrogen) atoms. The number of aromatic hydroxyl groups is 1. The number of aryl methyl sites for hydroxylation is 2. The fraction of sp³-hybridized carbons (Fsp3) is 0.474. The Morgan fingerprint density at radius 1 is 1.22 bits per heavy atom. The van der Waals surface area contributed by atoms with Crippen molar-refractivity contribution in [1.29, 1.82) is 0 Å². The van der Waals surface area contributed by atoms with Gasteiger partial charge in [-0.1, -0.05) is 17.3 Å². The predicted molar refractivity (Wildman–Crippen MR) is 118 cm³/mol. The lowest BCUT2D eigenvalue weighted by Gasteiger charge is -2.37. The number of aromatic nitrogens is 1. The second kappa shape index (κ2) is 9.82. The van der Waals surface area contributed by atoms with Crippen molar-refractivity contribution in [2.75, 3.05) is 44.7 Å². The summed E-state index contributed by atoms with van der Waals surface area (Å²) in [4.78, 5) is 8.88. The Morgan fingerprint density at radius 2 is 1.93 bits per heavy atom. The molecule has 7 nitrogen and oxygen atoms in total. The van der Waals surface area contributed by atoms with Crippen LogP contribution < -0.4 is 10.2 Å². The number of para-hydroxylation sites is 2. The van der Waals surface area contributed by atoms with E-state index in [0.29, 0.717) is 5.75 Å². The van der Waals surface area contributed by atoms with Crippen LogP contribution in [0.25, 0.3) is 0 Å². The molecule has 8 heteroatoms. The number of phenols is 1. The molecular weight excluding hydrogens is 457 g/mol. The van der Waals surface area contributed by atoms with Gasteiger partial charge in [0.25, 0.3) is 0 Å². The molecule has 1 aromatic carbocycles. The van der Waals surface area contributed by atoms with Crippen LogP contribution in [0, 0.1) is 13.8 Å². The van der Waals surface area contributed by atoms with Gasteiger partial charge in [0.2, 0.25) is 0 Å². The Kier molecular flexibility index (Phi) is 7.76. The maximum atomic E-state index is 10.0. The number of guanidine groups is 1. The van der Waals surface area contributed by atoms with E-state index in [0.717, 1.165) is 67.8 Å². The van der Waals surface area contributed by atoms with Gasteiger partial charge in [-0.05, 0) is 32.4 Å². The van der Waals surface area contributed by atoms with Crippen molar-refractivity contribution in [2.24, 2.45) is 4.99 Å². The number of piperazine rings is 1. The number of nitrogens with zero attached hydrogens (tertiary/aromatic N) is 4. The molecule has 148 valence electrons. The van der Waals surface area contributed by atoms with Crippen LogP contribution >= 0.6 is 24.0 Å². The van der Waals surface area contributed by atoms with E-state index in [1.807, 2.05) is 39.1 Å². The Balaban J connectivity index is 0.00000261. The van der Waals surface area contributed by atoms with Crippen LogP contribution in [-0.2, 0) is 6.42 Å². The summed E-state index contributed by atoms with van der Waals surface area (Å²) in [7, 11) is 1.81. The Bertz CT molecular complexity index is 750. The molecule has 0 amide bonds. The average molecular weight is 485 g/mol. The fourth-order valence-corrected chi connectivity index (χ4v) is 3.38. The van der Waals surface area contributed by atoms with E-state index in [1.165, 1.54) is 0 Å². The molecule has 3 rings (SSSR count). The maximum Gasteiger partial charge on any atom is 0.193 e. The van der Waals surface area contributed by atoms with Gasteiger partial charge in [-0.15, -0.1) is 24.0 Å². The monoisotopic (exact) mass is 485 g/mol. The molecule has 0 bridgehead atoms. The zero-order valence-electron chi connectivity index (χ0n) is 16.1. The number of aliphatic imine (C=N–C) groups is 1. The molecule has 1 fully saturated rings. The van der Waals surface area contributed by atoms with Crippen LogP contribution in [0.5, 0.6) is 5.75 Å². The third kappa shape index (κ3) is 5.06. The minimum absolute atomic E-state index is 0. The molecule has 0 atom stereocenters. The first-order chi connectivity index (χ1) is 12.6. The summed E-state index contributed by atoms with van der Waals surface area (Å²) in [5, 5.41) is 17.5. The quantitative estimate of drug-likeness (QED) is 0.394. The zero-order valence-corrected chi connectivity index (χ0v) is 18.4. The molecule has 0 saturated carbocycles. The van der Waals surface area contributed by atoms with Crippen LogP contribution in [0.1, 0.15) is 17.0 Å². The lowest BCUT2D eigenvalue weighted by molar-refractivity contribution is 0.370. The smallest absolute Gasteiger partial charge is 0.193 e. The lowest BCUT2D eigenvalue weighted by atomic mass is 10.1. The van der Waals surface area contributed by atoms with Crippen molar-refractivity contribution >= 4 is 35.6 Å². The summed E-state index contributed by atoms with van der Waals surface area (Å²) in [5.74, 6) is 2.13. The number of anilines is 1. The van der Waals surface area contributed by atoms with E-state index >= 15 is 0 Å².